The van der Waals surface area contributed by atoms with Crippen molar-refractivity contribution in [2.24, 2.45) is 0 Å². The molecule has 0 bridgehead atoms. The number of nitrogens with one attached hydrogen (secondary N) is 1. The Hall–Kier alpha value is -2.12. The summed E-state index contributed by atoms with van der Waals surface area (Å²) in [5.74, 6) is 1.14. The first-order valence-corrected chi connectivity index (χ1v) is 9.30. The Labute approximate surface area is 158 Å². The maximum atomic E-state index is 9.22. The van der Waals surface area contributed by atoms with Crippen LogP contribution in [0.15, 0.2) is 18.3 Å². The lowest BCUT2D eigenvalue weighted by atomic mass is 10.1. The third-order valence-electron chi connectivity index (χ3n) is 4.44. The molecule has 0 aromatic carbocycles. The van der Waals surface area contributed by atoms with Gasteiger partial charge in [-0.1, -0.05) is 24.9 Å². The minimum atomic E-state index is -0.199. The Morgan fingerprint density at radius 3 is 3.04 bits per heavy atom. The Bertz CT molecular complexity index is 752. The van der Waals surface area contributed by atoms with Gasteiger partial charge in [0.2, 0.25) is 11.8 Å². The number of aromatic nitrogens is 3. The van der Waals surface area contributed by atoms with Crippen molar-refractivity contribution in [3.8, 4) is 5.88 Å². The zero-order chi connectivity index (χ0) is 18.5. The normalized spacial score (nSPS) is 17.0. The number of rotatable bonds is 8. The minimum absolute atomic E-state index is 0.118. The van der Waals surface area contributed by atoms with Crippen molar-refractivity contribution in [2.45, 2.75) is 51.2 Å². The summed E-state index contributed by atoms with van der Waals surface area (Å²) in [6.45, 7) is 2.22. The molecule has 0 radical (unpaired) electrons. The zero-order valence-electron chi connectivity index (χ0n) is 14.8. The number of aliphatic hydroxyl groups excluding tert-OH is 1. The van der Waals surface area contributed by atoms with E-state index in [1.165, 1.54) is 0 Å². The van der Waals surface area contributed by atoms with E-state index < -0.39 is 0 Å². The number of nitrogens with two attached hydrogens (primary N) is 1. The third-order valence-corrected chi connectivity index (χ3v) is 4.80. The summed E-state index contributed by atoms with van der Waals surface area (Å²) >= 11 is 6.23. The van der Waals surface area contributed by atoms with Crippen molar-refractivity contribution >= 4 is 23.4 Å². The summed E-state index contributed by atoms with van der Waals surface area (Å²) in [6, 6.07) is 3.65. The quantitative estimate of drug-likeness (QED) is 0.648. The number of ether oxygens (including phenoxy) is 1. The third kappa shape index (κ3) is 4.34. The van der Waals surface area contributed by atoms with Crippen LogP contribution in [0.3, 0.4) is 0 Å². The van der Waals surface area contributed by atoms with Gasteiger partial charge < -0.3 is 20.9 Å². The molecule has 1 aliphatic carbocycles. The van der Waals surface area contributed by atoms with Crippen LogP contribution in [0.25, 0.3) is 0 Å². The Balaban J connectivity index is 1.76. The van der Waals surface area contributed by atoms with Gasteiger partial charge in [0.1, 0.15) is 11.9 Å². The molecule has 0 saturated carbocycles. The predicted octanol–water partition coefficient (Wildman–Crippen LogP) is 3.14. The number of halogens is 1. The van der Waals surface area contributed by atoms with Crippen LogP contribution in [0.5, 0.6) is 5.88 Å². The summed E-state index contributed by atoms with van der Waals surface area (Å²) < 4.78 is 6.04. The SMILES string of the molecule is CCC[C@@H](CCO)Nc1cc(O[C@@H]2CCc3c(Cl)ccnc32)nc(N)n1. The second-order valence-corrected chi connectivity index (χ2v) is 6.80. The van der Waals surface area contributed by atoms with Gasteiger partial charge in [-0.25, -0.2) is 0 Å². The van der Waals surface area contributed by atoms with E-state index in [0.717, 1.165) is 42.0 Å². The van der Waals surface area contributed by atoms with Crippen molar-refractivity contribution in [1.82, 2.24) is 15.0 Å². The van der Waals surface area contributed by atoms with Crippen LogP contribution in [-0.2, 0) is 6.42 Å². The van der Waals surface area contributed by atoms with Crippen molar-refractivity contribution in [2.75, 3.05) is 17.7 Å². The maximum absolute atomic E-state index is 9.22. The number of fused-ring (bicyclic) bond motifs is 1. The average molecular weight is 378 g/mol. The van der Waals surface area contributed by atoms with Gasteiger partial charge in [0.25, 0.3) is 0 Å². The molecule has 2 heterocycles. The first kappa shape index (κ1) is 18.7. The summed E-state index contributed by atoms with van der Waals surface area (Å²) in [5.41, 5.74) is 7.74. The van der Waals surface area contributed by atoms with Gasteiger partial charge in [0.05, 0.1) is 5.69 Å². The van der Waals surface area contributed by atoms with E-state index in [1.54, 1.807) is 18.3 Å². The van der Waals surface area contributed by atoms with E-state index in [9.17, 15) is 5.11 Å². The van der Waals surface area contributed by atoms with E-state index in [1.807, 2.05) is 0 Å². The Morgan fingerprint density at radius 1 is 1.42 bits per heavy atom. The van der Waals surface area contributed by atoms with Gasteiger partial charge in [-0.2, -0.15) is 9.97 Å². The molecular formula is C18H24ClN5O2. The van der Waals surface area contributed by atoms with Gasteiger partial charge >= 0.3 is 0 Å². The molecule has 0 saturated heterocycles. The summed E-state index contributed by atoms with van der Waals surface area (Å²) in [5, 5.41) is 13.2. The Kier molecular flexibility index (Phi) is 6.11. The molecule has 4 N–H and O–H groups in total. The molecule has 2 atom stereocenters. The van der Waals surface area contributed by atoms with Crippen LogP contribution < -0.4 is 15.8 Å². The highest BCUT2D eigenvalue weighted by Gasteiger charge is 2.28. The van der Waals surface area contributed by atoms with Crippen molar-refractivity contribution in [3.05, 3.63) is 34.6 Å². The van der Waals surface area contributed by atoms with Gasteiger partial charge in [-0.15, -0.1) is 0 Å². The second-order valence-electron chi connectivity index (χ2n) is 6.39. The zero-order valence-corrected chi connectivity index (χ0v) is 15.5. The highest BCUT2D eigenvalue weighted by Crippen LogP contribution is 2.36. The fourth-order valence-electron chi connectivity index (χ4n) is 3.26. The van der Waals surface area contributed by atoms with Gasteiger partial charge in [-0.05, 0) is 37.3 Å². The molecule has 2 aromatic heterocycles. The lowest BCUT2D eigenvalue weighted by Gasteiger charge is -2.19. The van der Waals surface area contributed by atoms with Gasteiger partial charge in [-0.3, -0.25) is 4.98 Å². The Morgan fingerprint density at radius 2 is 2.27 bits per heavy atom. The van der Waals surface area contributed by atoms with Crippen molar-refractivity contribution in [1.29, 1.82) is 0 Å². The average Bonchev–Trinajstić information content (AvgIpc) is 2.99. The maximum Gasteiger partial charge on any atom is 0.225 e. The smallest absolute Gasteiger partial charge is 0.225 e. The lowest BCUT2D eigenvalue weighted by molar-refractivity contribution is 0.195. The first-order chi connectivity index (χ1) is 12.6. The summed E-state index contributed by atoms with van der Waals surface area (Å²) in [4.78, 5) is 12.8. The van der Waals surface area contributed by atoms with Crippen molar-refractivity contribution in [3.63, 3.8) is 0 Å². The van der Waals surface area contributed by atoms with Crippen LogP contribution in [0.2, 0.25) is 5.02 Å². The largest absolute Gasteiger partial charge is 0.468 e. The van der Waals surface area contributed by atoms with Crippen LogP contribution >= 0.6 is 11.6 Å². The molecule has 1 aliphatic rings. The highest BCUT2D eigenvalue weighted by atomic mass is 35.5. The molecule has 2 aromatic rings. The van der Waals surface area contributed by atoms with Gasteiger partial charge in [0, 0.05) is 29.9 Å². The molecular weight excluding hydrogens is 354 g/mol. The minimum Gasteiger partial charge on any atom is -0.468 e. The lowest BCUT2D eigenvalue weighted by Crippen LogP contribution is -2.22. The molecule has 8 heteroatoms. The number of aliphatic hydroxyl groups is 1. The molecule has 0 spiro atoms. The van der Waals surface area contributed by atoms with E-state index in [2.05, 4.69) is 27.2 Å². The number of pyridine rings is 1. The first-order valence-electron chi connectivity index (χ1n) is 8.92. The monoisotopic (exact) mass is 377 g/mol. The van der Waals surface area contributed by atoms with Crippen LogP contribution in [0.1, 0.15) is 50.0 Å². The number of nitrogen functional groups attached to an aromatic ring is 1. The predicted molar refractivity (Wildman–Crippen MR) is 101 cm³/mol. The summed E-state index contributed by atoms with van der Waals surface area (Å²) in [6.07, 6.45) is 5.69. The standard InChI is InChI=1S/C18H24ClN5O2/c1-2-3-11(7-9-25)22-15-10-16(24-18(20)23-15)26-14-5-4-12-13(19)6-8-21-17(12)14/h6,8,10-11,14,25H,2-5,7,9H2,1H3,(H3,20,22,23,24)/t11-,14+/m0/s1. The van der Waals surface area contributed by atoms with Crippen LogP contribution in [-0.4, -0.2) is 32.7 Å². The topological polar surface area (TPSA) is 106 Å². The molecule has 0 fully saturated rings. The molecule has 26 heavy (non-hydrogen) atoms. The van der Waals surface area contributed by atoms with E-state index in [4.69, 9.17) is 22.1 Å². The van der Waals surface area contributed by atoms with Gasteiger partial charge in [0.15, 0.2) is 0 Å². The van der Waals surface area contributed by atoms with E-state index >= 15 is 0 Å². The summed E-state index contributed by atoms with van der Waals surface area (Å²) in [7, 11) is 0. The molecule has 0 amide bonds. The highest BCUT2D eigenvalue weighted by molar-refractivity contribution is 6.31. The molecule has 140 valence electrons. The number of nitrogens with zero attached hydrogens (tertiary/aromatic N) is 3. The van der Waals surface area contributed by atoms with Crippen molar-refractivity contribution < 1.29 is 9.84 Å². The number of hydrogen-bond acceptors (Lipinski definition) is 7. The number of hydrogen-bond donors (Lipinski definition) is 3. The molecule has 3 rings (SSSR count). The fourth-order valence-corrected chi connectivity index (χ4v) is 3.51. The van der Waals surface area contributed by atoms with E-state index in [0.29, 0.717) is 18.1 Å². The fraction of sp³-hybridized carbons (Fsp3) is 0.500. The van der Waals surface area contributed by atoms with E-state index in [-0.39, 0.29) is 24.7 Å². The molecule has 7 nitrogen and oxygen atoms in total. The molecule has 0 unspecified atom stereocenters. The molecule has 0 aliphatic heterocycles. The second kappa shape index (κ2) is 8.51. The van der Waals surface area contributed by atoms with Crippen LogP contribution in [0.4, 0.5) is 11.8 Å². The van der Waals surface area contributed by atoms with Crippen LogP contribution in [0, 0.1) is 0 Å². The number of anilines is 2.